The number of carbonyl (C=O) groups is 1. The van der Waals surface area contributed by atoms with Gasteiger partial charge in [-0.3, -0.25) is 4.79 Å². The highest BCUT2D eigenvalue weighted by molar-refractivity contribution is 8.00. The molecule has 0 bridgehead atoms. The van der Waals surface area contributed by atoms with E-state index in [1.54, 1.807) is 19.4 Å². The highest BCUT2D eigenvalue weighted by atomic mass is 32.2. The second kappa shape index (κ2) is 8.30. The number of rotatable bonds is 7. The SMILES string of the molecule is COc1ccc(NC(=O)[C@H](Sc2nnc(-c3ccco3)n2C)C(C)C)cc1. The third-order valence-corrected chi connectivity index (χ3v) is 5.61. The predicted octanol–water partition coefficient (Wildman–Crippen LogP) is 3.84. The molecule has 3 aromatic rings. The fraction of sp³-hybridized carbons (Fsp3) is 0.316. The van der Waals surface area contributed by atoms with Gasteiger partial charge in [-0.1, -0.05) is 25.6 Å². The third-order valence-electron chi connectivity index (χ3n) is 4.03. The van der Waals surface area contributed by atoms with E-state index in [1.807, 2.05) is 55.8 Å². The number of hydrogen-bond acceptors (Lipinski definition) is 6. The molecule has 1 amide bonds. The summed E-state index contributed by atoms with van der Waals surface area (Å²) in [4.78, 5) is 12.8. The summed E-state index contributed by atoms with van der Waals surface area (Å²) in [6.07, 6.45) is 1.59. The first-order valence-corrected chi connectivity index (χ1v) is 9.42. The molecule has 0 aliphatic heterocycles. The third kappa shape index (κ3) is 4.33. The molecule has 0 saturated carbocycles. The average Bonchev–Trinajstić information content (AvgIpc) is 3.30. The van der Waals surface area contributed by atoms with Gasteiger partial charge in [-0.25, -0.2) is 0 Å². The van der Waals surface area contributed by atoms with E-state index in [9.17, 15) is 4.79 Å². The lowest BCUT2D eigenvalue weighted by molar-refractivity contribution is -0.116. The largest absolute Gasteiger partial charge is 0.497 e. The number of carbonyl (C=O) groups excluding carboxylic acids is 1. The van der Waals surface area contributed by atoms with Gasteiger partial charge in [0.25, 0.3) is 0 Å². The lowest BCUT2D eigenvalue weighted by atomic mass is 10.1. The van der Waals surface area contributed by atoms with Crippen LogP contribution in [0.1, 0.15) is 13.8 Å². The summed E-state index contributed by atoms with van der Waals surface area (Å²) >= 11 is 1.39. The topological polar surface area (TPSA) is 82.2 Å². The van der Waals surface area contributed by atoms with Crippen molar-refractivity contribution in [3.05, 3.63) is 42.7 Å². The molecule has 2 heterocycles. The summed E-state index contributed by atoms with van der Waals surface area (Å²) in [7, 11) is 3.47. The predicted molar refractivity (Wildman–Crippen MR) is 105 cm³/mol. The number of ether oxygens (including phenoxy) is 1. The number of benzene rings is 1. The minimum Gasteiger partial charge on any atom is -0.497 e. The lowest BCUT2D eigenvalue weighted by Crippen LogP contribution is -2.30. The molecule has 0 radical (unpaired) electrons. The van der Waals surface area contributed by atoms with Crippen molar-refractivity contribution in [2.45, 2.75) is 24.3 Å². The highest BCUT2D eigenvalue weighted by Gasteiger charge is 2.27. The summed E-state index contributed by atoms with van der Waals surface area (Å²) in [5.74, 6) is 2.04. The Balaban J connectivity index is 1.74. The fourth-order valence-corrected chi connectivity index (χ4v) is 3.53. The number of methoxy groups -OCH3 is 1. The van der Waals surface area contributed by atoms with E-state index in [-0.39, 0.29) is 17.1 Å². The first-order valence-electron chi connectivity index (χ1n) is 8.54. The molecule has 1 aromatic carbocycles. The molecule has 0 spiro atoms. The van der Waals surface area contributed by atoms with Crippen LogP contribution in [0.4, 0.5) is 5.69 Å². The quantitative estimate of drug-likeness (QED) is 0.621. The number of nitrogens with one attached hydrogen (secondary N) is 1. The van der Waals surface area contributed by atoms with E-state index in [1.165, 1.54) is 11.8 Å². The number of amides is 1. The molecule has 2 aromatic heterocycles. The molecule has 3 rings (SSSR count). The van der Waals surface area contributed by atoms with E-state index in [0.717, 1.165) is 11.4 Å². The van der Waals surface area contributed by atoms with Crippen molar-refractivity contribution in [2.24, 2.45) is 13.0 Å². The highest BCUT2D eigenvalue weighted by Crippen LogP contribution is 2.30. The second-order valence-corrected chi connectivity index (χ2v) is 7.45. The van der Waals surface area contributed by atoms with Crippen LogP contribution in [0, 0.1) is 5.92 Å². The molecule has 0 aliphatic rings. The number of nitrogens with zero attached hydrogens (tertiary/aromatic N) is 3. The van der Waals surface area contributed by atoms with Crippen molar-refractivity contribution in [1.82, 2.24) is 14.8 Å². The first kappa shape index (κ1) is 19.0. The minimum absolute atomic E-state index is 0.0808. The van der Waals surface area contributed by atoms with Crippen molar-refractivity contribution in [2.75, 3.05) is 12.4 Å². The van der Waals surface area contributed by atoms with Gasteiger partial charge in [0, 0.05) is 12.7 Å². The number of thioether (sulfide) groups is 1. The smallest absolute Gasteiger partial charge is 0.238 e. The molecule has 0 saturated heterocycles. The first-order chi connectivity index (χ1) is 13.0. The number of anilines is 1. The number of hydrogen-bond donors (Lipinski definition) is 1. The van der Waals surface area contributed by atoms with Crippen molar-refractivity contribution in [1.29, 1.82) is 0 Å². The molecule has 8 heteroatoms. The minimum atomic E-state index is -0.320. The Morgan fingerprint density at radius 2 is 1.96 bits per heavy atom. The Bertz CT molecular complexity index is 888. The van der Waals surface area contributed by atoms with Crippen LogP contribution in [0.2, 0.25) is 0 Å². The maximum absolute atomic E-state index is 12.8. The van der Waals surface area contributed by atoms with Gasteiger partial charge in [-0.2, -0.15) is 0 Å². The van der Waals surface area contributed by atoms with Gasteiger partial charge in [0.1, 0.15) is 5.75 Å². The summed E-state index contributed by atoms with van der Waals surface area (Å²) in [5, 5.41) is 11.7. The van der Waals surface area contributed by atoms with Crippen molar-refractivity contribution in [3.63, 3.8) is 0 Å². The Kier molecular flexibility index (Phi) is 5.85. The molecule has 0 unspecified atom stereocenters. The van der Waals surface area contributed by atoms with Crippen LogP contribution in [0.5, 0.6) is 5.75 Å². The molecule has 1 atom stereocenters. The van der Waals surface area contributed by atoms with E-state index in [0.29, 0.717) is 16.7 Å². The molecular weight excluding hydrogens is 364 g/mol. The van der Waals surface area contributed by atoms with Crippen LogP contribution in [0.15, 0.2) is 52.2 Å². The zero-order valence-electron chi connectivity index (χ0n) is 15.7. The standard InChI is InChI=1S/C19H22N4O3S/c1-12(2)16(18(24)20-13-7-9-14(25-4)10-8-13)27-19-22-21-17(23(19)3)15-6-5-11-26-15/h5-12,16H,1-4H3,(H,20,24)/t16-/m1/s1. The van der Waals surface area contributed by atoms with E-state index in [2.05, 4.69) is 15.5 Å². The molecule has 0 aliphatic carbocycles. The zero-order chi connectivity index (χ0) is 19.4. The Labute approximate surface area is 162 Å². The van der Waals surface area contributed by atoms with Crippen LogP contribution >= 0.6 is 11.8 Å². The van der Waals surface area contributed by atoms with E-state index in [4.69, 9.17) is 9.15 Å². The molecule has 142 valence electrons. The van der Waals surface area contributed by atoms with Gasteiger partial charge in [-0.05, 0) is 42.3 Å². The number of aromatic nitrogens is 3. The van der Waals surface area contributed by atoms with Gasteiger partial charge in [0.05, 0.1) is 18.6 Å². The number of furan rings is 1. The summed E-state index contributed by atoms with van der Waals surface area (Å²) in [6, 6.07) is 10.9. The van der Waals surface area contributed by atoms with E-state index < -0.39 is 0 Å². The molecular formula is C19H22N4O3S. The van der Waals surface area contributed by atoms with Crippen LogP contribution in [0.3, 0.4) is 0 Å². The Morgan fingerprint density at radius 1 is 1.22 bits per heavy atom. The fourth-order valence-electron chi connectivity index (χ4n) is 2.53. The Morgan fingerprint density at radius 3 is 2.56 bits per heavy atom. The van der Waals surface area contributed by atoms with Gasteiger partial charge in [0.15, 0.2) is 16.7 Å². The van der Waals surface area contributed by atoms with Gasteiger partial charge < -0.3 is 19.0 Å². The summed E-state index contributed by atoms with van der Waals surface area (Å²) < 4.78 is 12.4. The zero-order valence-corrected chi connectivity index (χ0v) is 16.5. The maximum Gasteiger partial charge on any atom is 0.238 e. The van der Waals surface area contributed by atoms with Crippen LogP contribution < -0.4 is 10.1 Å². The van der Waals surface area contributed by atoms with Gasteiger partial charge in [-0.15, -0.1) is 10.2 Å². The van der Waals surface area contributed by atoms with E-state index >= 15 is 0 Å². The average molecular weight is 386 g/mol. The van der Waals surface area contributed by atoms with Crippen LogP contribution in [0.25, 0.3) is 11.6 Å². The van der Waals surface area contributed by atoms with Gasteiger partial charge in [0.2, 0.25) is 5.91 Å². The summed E-state index contributed by atoms with van der Waals surface area (Å²) in [5.41, 5.74) is 0.723. The maximum atomic E-state index is 12.8. The van der Waals surface area contributed by atoms with Crippen molar-refractivity contribution in [3.8, 4) is 17.3 Å². The molecule has 7 nitrogen and oxygen atoms in total. The van der Waals surface area contributed by atoms with Gasteiger partial charge >= 0.3 is 0 Å². The molecule has 1 N–H and O–H groups in total. The second-order valence-electron chi connectivity index (χ2n) is 6.34. The summed E-state index contributed by atoms with van der Waals surface area (Å²) in [6.45, 7) is 4.02. The lowest BCUT2D eigenvalue weighted by Gasteiger charge is -2.19. The molecule has 27 heavy (non-hydrogen) atoms. The Hall–Kier alpha value is -2.74. The monoisotopic (exact) mass is 386 g/mol. The van der Waals surface area contributed by atoms with Crippen molar-refractivity contribution >= 4 is 23.4 Å². The van der Waals surface area contributed by atoms with Crippen molar-refractivity contribution < 1.29 is 13.9 Å². The normalized spacial score (nSPS) is 12.2. The van der Waals surface area contributed by atoms with Crippen LogP contribution in [-0.2, 0) is 11.8 Å². The van der Waals surface area contributed by atoms with Crippen LogP contribution in [-0.4, -0.2) is 33.0 Å². The molecule has 0 fully saturated rings.